The van der Waals surface area contributed by atoms with Crippen LogP contribution in [0.15, 0.2) is 36.4 Å². The Morgan fingerprint density at radius 3 is 2.85 bits per heavy atom. The van der Waals surface area contributed by atoms with Crippen LogP contribution in [0.1, 0.15) is 36.1 Å². The van der Waals surface area contributed by atoms with E-state index in [1.165, 1.54) is 16.7 Å². The number of nitrogens with one attached hydrogen (secondary N) is 1. The van der Waals surface area contributed by atoms with Crippen molar-refractivity contribution in [1.82, 2.24) is 5.32 Å². The topological polar surface area (TPSA) is 12.0 Å². The zero-order valence-electron chi connectivity index (χ0n) is 12.0. The zero-order chi connectivity index (χ0) is 14.1. The molecule has 0 heterocycles. The molecule has 1 aliphatic rings. The van der Waals surface area contributed by atoms with Crippen molar-refractivity contribution in [3.05, 3.63) is 58.9 Å². The van der Waals surface area contributed by atoms with E-state index < -0.39 is 0 Å². The van der Waals surface area contributed by atoms with Crippen molar-refractivity contribution in [2.24, 2.45) is 0 Å². The van der Waals surface area contributed by atoms with Gasteiger partial charge in [-0.3, -0.25) is 0 Å². The summed E-state index contributed by atoms with van der Waals surface area (Å²) < 4.78 is 13.8. The quantitative estimate of drug-likeness (QED) is 0.871. The molecular formula is C18H20FN. The number of hydrogen-bond donors (Lipinski definition) is 1. The summed E-state index contributed by atoms with van der Waals surface area (Å²) >= 11 is 0. The molecule has 1 N–H and O–H groups in total. The Labute approximate surface area is 119 Å². The first-order valence-corrected chi connectivity index (χ1v) is 7.32. The van der Waals surface area contributed by atoms with Crippen LogP contribution in [0.4, 0.5) is 4.39 Å². The van der Waals surface area contributed by atoms with Gasteiger partial charge in [0.2, 0.25) is 0 Å². The van der Waals surface area contributed by atoms with Crippen LogP contribution in [0, 0.1) is 12.7 Å². The van der Waals surface area contributed by atoms with Crippen molar-refractivity contribution in [3.63, 3.8) is 0 Å². The molecule has 0 saturated heterocycles. The maximum Gasteiger partial charge on any atom is 0.126 e. The van der Waals surface area contributed by atoms with Gasteiger partial charge >= 0.3 is 0 Å². The molecule has 3 rings (SSSR count). The van der Waals surface area contributed by atoms with Gasteiger partial charge in [-0.05, 0) is 60.2 Å². The summed E-state index contributed by atoms with van der Waals surface area (Å²) in [6.45, 7) is 4.92. The van der Waals surface area contributed by atoms with Crippen LogP contribution < -0.4 is 5.32 Å². The van der Waals surface area contributed by atoms with E-state index in [-0.39, 0.29) is 5.82 Å². The van der Waals surface area contributed by atoms with Crippen molar-refractivity contribution >= 4 is 0 Å². The molecule has 2 heteroatoms. The predicted molar refractivity (Wildman–Crippen MR) is 81.3 cm³/mol. The molecule has 1 unspecified atom stereocenters. The summed E-state index contributed by atoms with van der Waals surface area (Å²) in [5.41, 5.74) is 5.63. The Morgan fingerprint density at radius 1 is 1.25 bits per heavy atom. The van der Waals surface area contributed by atoms with E-state index in [0.29, 0.717) is 11.6 Å². The number of aryl methyl sites for hydroxylation is 1. The molecule has 0 aromatic heterocycles. The van der Waals surface area contributed by atoms with Gasteiger partial charge in [0.25, 0.3) is 0 Å². The first-order chi connectivity index (χ1) is 9.70. The van der Waals surface area contributed by atoms with Gasteiger partial charge in [-0.2, -0.15) is 0 Å². The molecule has 1 atom stereocenters. The van der Waals surface area contributed by atoms with Crippen LogP contribution in [0.2, 0.25) is 0 Å². The lowest BCUT2D eigenvalue weighted by molar-refractivity contribution is 0.549. The lowest BCUT2D eigenvalue weighted by atomic mass is 9.95. The second-order valence-electron chi connectivity index (χ2n) is 5.49. The van der Waals surface area contributed by atoms with Gasteiger partial charge in [0, 0.05) is 6.04 Å². The van der Waals surface area contributed by atoms with E-state index in [9.17, 15) is 4.39 Å². The molecule has 104 valence electrons. The average Bonchev–Trinajstić information content (AvgIpc) is 2.86. The molecule has 0 saturated carbocycles. The summed E-state index contributed by atoms with van der Waals surface area (Å²) in [5, 5.41) is 3.53. The third-order valence-corrected chi connectivity index (χ3v) is 4.20. The molecule has 2 aromatic rings. The number of benzene rings is 2. The highest BCUT2D eigenvalue weighted by atomic mass is 19.1. The molecule has 0 radical (unpaired) electrons. The summed E-state index contributed by atoms with van der Waals surface area (Å²) in [4.78, 5) is 0. The minimum atomic E-state index is -0.124. The monoisotopic (exact) mass is 269 g/mol. The fourth-order valence-corrected chi connectivity index (χ4v) is 3.14. The van der Waals surface area contributed by atoms with Gasteiger partial charge in [0.05, 0.1) is 0 Å². The minimum absolute atomic E-state index is 0.124. The molecule has 0 fully saturated rings. The highest BCUT2D eigenvalue weighted by Crippen LogP contribution is 2.37. The third kappa shape index (κ3) is 2.25. The van der Waals surface area contributed by atoms with Crippen molar-refractivity contribution in [2.45, 2.75) is 32.7 Å². The van der Waals surface area contributed by atoms with E-state index in [1.54, 1.807) is 13.0 Å². The normalized spacial score (nSPS) is 17.2. The fourth-order valence-electron chi connectivity index (χ4n) is 3.14. The lowest BCUT2D eigenvalue weighted by Crippen LogP contribution is -2.18. The Kier molecular flexibility index (Phi) is 3.58. The van der Waals surface area contributed by atoms with E-state index in [0.717, 1.165) is 24.9 Å². The molecule has 2 aromatic carbocycles. The predicted octanol–water partition coefficient (Wildman–Crippen LogP) is 4.40. The Morgan fingerprint density at radius 2 is 2.10 bits per heavy atom. The van der Waals surface area contributed by atoms with Crippen LogP contribution in [-0.2, 0) is 6.42 Å². The van der Waals surface area contributed by atoms with Crippen molar-refractivity contribution in [3.8, 4) is 11.1 Å². The van der Waals surface area contributed by atoms with Gasteiger partial charge < -0.3 is 5.32 Å². The maximum atomic E-state index is 13.8. The smallest absolute Gasteiger partial charge is 0.126 e. The summed E-state index contributed by atoms with van der Waals surface area (Å²) in [6.07, 6.45) is 2.20. The Bertz CT molecular complexity index is 633. The van der Waals surface area contributed by atoms with Gasteiger partial charge in [-0.15, -0.1) is 0 Å². The molecule has 0 spiro atoms. The average molecular weight is 269 g/mol. The van der Waals surface area contributed by atoms with E-state index >= 15 is 0 Å². The molecular weight excluding hydrogens is 249 g/mol. The van der Waals surface area contributed by atoms with Crippen LogP contribution in [0.5, 0.6) is 0 Å². The largest absolute Gasteiger partial charge is 0.310 e. The minimum Gasteiger partial charge on any atom is -0.310 e. The van der Waals surface area contributed by atoms with E-state index in [4.69, 9.17) is 0 Å². The van der Waals surface area contributed by atoms with Gasteiger partial charge in [0.15, 0.2) is 0 Å². The SMILES string of the molecule is CCNC1CCc2c(-c3ccc(C)c(F)c3)cccc21. The van der Waals surface area contributed by atoms with Crippen LogP contribution in [0.25, 0.3) is 11.1 Å². The number of fused-ring (bicyclic) bond motifs is 1. The second-order valence-corrected chi connectivity index (χ2v) is 5.49. The molecule has 0 amide bonds. The third-order valence-electron chi connectivity index (χ3n) is 4.20. The second kappa shape index (κ2) is 5.37. The first kappa shape index (κ1) is 13.3. The highest BCUT2D eigenvalue weighted by molar-refractivity contribution is 5.70. The van der Waals surface area contributed by atoms with Gasteiger partial charge in [-0.25, -0.2) is 4.39 Å². The zero-order valence-corrected chi connectivity index (χ0v) is 12.0. The Balaban J connectivity index is 2.05. The number of halogens is 1. The summed E-state index contributed by atoms with van der Waals surface area (Å²) in [5.74, 6) is -0.124. The maximum absolute atomic E-state index is 13.8. The molecule has 1 aliphatic carbocycles. The standard InChI is InChI=1S/C18H20FN/c1-3-20-18-10-9-15-14(5-4-6-16(15)18)13-8-7-12(2)17(19)11-13/h4-8,11,18,20H,3,9-10H2,1-2H3. The van der Waals surface area contributed by atoms with Crippen LogP contribution in [0.3, 0.4) is 0 Å². The first-order valence-electron chi connectivity index (χ1n) is 7.32. The number of rotatable bonds is 3. The van der Waals surface area contributed by atoms with Crippen molar-refractivity contribution in [2.75, 3.05) is 6.54 Å². The van der Waals surface area contributed by atoms with Crippen molar-refractivity contribution in [1.29, 1.82) is 0 Å². The van der Waals surface area contributed by atoms with Crippen LogP contribution >= 0.6 is 0 Å². The van der Waals surface area contributed by atoms with E-state index in [2.05, 4.69) is 30.4 Å². The van der Waals surface area contributed by atoms with Gasteiger partial charge in [0.1, 0.15) is 5.82 Å². The van der Waals surface area contributed by atoms with Crippen molar-refractivity contribution < 1.29 is 4.39 Å². The number of hydrogen-bond acceptors (Lipinski definition) is 1. The lowest BCUT2D eigenvalue weighted by Gasteiger charge is -2.14. The molecule has 0 aliphatic heterocycles. The Hall–Kier alpha value is -1.67. The summed E-state index contributed by atoms with van der Waals surface area (Å²) in [7, 11) is 0. The molecule has 0 bridgehead atoms. The van der Waals surface area contributed by atoms with E-state index in [1.807, 2.05) is 12.1 Å². The fraction of sp³-hybridized carbons (Fsp3) is 0.333. The van der Waals surface area contributed by atoms with Gasteiger partial charge in [-0.1, -0.05) is 37.3 Å². The summed E-state index contributed by atoms with van der Waals surface area (Å²) in [6, 6.07) is 12.4. The molecule has 20 heavy (non-hydrogen) atoms. The van der Waals surface area contributed by atoms with Crippen LogP contribution in [-0.4, -0.2) is 6.54 Å². The highest BCUT2D eigenvalue weighted by Gasteiger charge is 2.24. The molecule has 1 nitrogen and oxygen atoms in total.